The third kappa shape index (κ3) is 2.71. The van der Waals surface area contributed by atoms with Crippen molar-refractivity contribution in [2.75, 3.05) is 0 Å². The van der Waals surface area contributed by atoms with Crippen LogP contribution in [-0.4, -0.2) is 4.83 Å². The van der Waals surface area contributed by atoms with Crippen LogP contribution in [0.25, 0.3) is 0 Å². The van der Waals surface area contributed by atoms with E-state index in [4.69, 9.17) is 0 Å². The molecule has 3 atom stereocenters. The normalized spacial score (nSPS) is 35.3. The van der Waals surface area contributed by atoms with Crippen LogP contribution in [-0.2, 0) is 0 Å². The van der Waals surface area contributed by atoms with E-state index < -0.39 is 0 Å². The third-order valence-electron chi connectivity index (χ3n) is 3.44. The molecule has 0 aromatic rings. The first-order chi connectivity index (χ1) is 5.83. The molecule has 0 radical (unpaired) electrons. The Morgan fingerprint density at radius 3 is 2.08 bits per heavy atom. The van der Waals surface area contributed by atoms with Crippen LogP contribution in [0.15, 0.2) is 0 Å². The molecular weight excluding hydrogens is 224 g/mol. The Morgan fingerprint density at radius 2 is 1.77 bits per heavy atom. The summed E-state index contributed by atoms with van der Waals surface area (Å²) < 4.78 is 0. The predicted octanol–water partition coefficient (Wildman–Crippen LogP) is 4.48. The lowest BCUT2D eigenvalue weighted by molar-refractivity contribution is 0.341. The Hall–Kier alpha value is 0.480. The van der Waals surface area contributed by atoms with Crippen molar-refractivity contribution in [1.29, 1.82) is 0 Å². The molecule has 0 bridgehead atoms. The second-order valence-corrected chi connectivity index (χ2v) is 6.96. The Balaban J connectivity index is 2.62. The first kappa shape index (κ1) is 11.6. The average molecular weight is 247 g/mol. The molecule has 1 rings (SSSR count). The average Bonchev–Trinajstić information content (AvgIpc) is 2.22. The van der Waals surface area contributed by atoms with Crippen molar-refractivity contribution in [3.63, 3.8) is 0 Å². The molecule has 0 N–H and O–H groups in total. The molecule has 0 aromatic heterocycles. The van der Waals surface area contributed by atoms with Gasteiger partial charge >= 0.3 is 0 Å². The molecule has 0 aliphatic heterocycles. The molecule has 0 amide bonds. The number of hydrogen-bond donors (Lipinski definition) is 0. The minimum Gasteiger partial charge on any atom is -0.0885 e. The number of alkyl halides is 1. The van der Waals surface area contributed by atoms with Crippen molar-refractivity contribution < 1.29 is 0 Å². The van der Waals surface area contributed by atoms with E-state index in [1.807, 2.05) is 0 Å². The van der Waals surface area contributed by atoms with Gasteiger partial charge in [0.15, 0.2) is 0 Å². The van der Waals surface area contributed by atoms with Crippen LogP contribution in [0, 0.1) is 23.2 Å². The van der Waals surface area contributed by atoms with Crippen molar-refractivity contribution in [3.05, 3.63) is 0 Å². The van der Waals surface area contributed by atoms with Crippen molar-refractivity contribution in [3.8, 4) is 0 Å². The van der Waals surface area contributed by atoms with Gasteiger partial charge < -0.3 is 0 Å². The quantitative estimate of drug-likeness (QED) is 0.631. The van der Waals surface area contributed by atoms with E-state index >= 15 is 0 Å². The summed E-state index contributed by atoms with van der Waals surface area (Å²) in [5.74, 6) is 2.54. The van der Waals surface area contributed by atoms with Gasteiger partial charge in [-0.05, 0) is 36.0 Å². The molecular formula is C12H23Br. The lowest BCUT2D eigenvalue weighted by Gasteiger charge is -2.25. The highest BCUT2D eigenvalue weighted by atomic mass is 79.9. The van der Waals surface area contributed by atoms with E-state index in [1.54, 1.807) is 0 Å². The molecule has 0 aromatic carbocycles. The van der Waals surface area contributed by atoms with Gasteiger partial charge in [0.25, 0.3) is 0 Å². The minimum absolute atomic E-state index is 0.574. The van der Waals surface area contributed by atoms with Crippen LogP contribution in [0.5, 0.6) is 0 Å². The molecule has 3 unspecified atom stereocenters. The molecule has 0 nitrogen and oxygen atoms in total. The third-order valence-corrected chi connectivity index (χ3v) is 5.18. The molecule has 13 heavy (non-hydrogen) atoms. The Labute approximate surface area is 91.6 Å². The van der Waals surface area contributed by atoms with Gasteiger partial charge in [-0.3, -0.25) is 0 Å². The fraction of sp³-hybridized carbons (Fsp3) is 1.00. The summed E-state index contributed by atoms with van der Waals surface area (Å²) >= 11 is 3.86. The van der Waals surface area contributed by atoms with Gasteiger partial charge in [0.05, 0.1) is 0 Å². The maximum absolute atomic E-state index is 3.86. The molecule has 0 heterocycles. The van der Waals surface area contributed by atoms with Crippen molar-refractivity contribution >= 4 is 15.9 Å². The van der Waals surface area contributed by atoms with E-state index in [-0.39, 0.29) is 0 Å². The first-order valence-electron chi connectivity index (χ1n) is 5.47. The van der Waals surface area contributed by atoms with Crippen LogP contribution in [0.4, 0.5) is 0 Å². The SMILES string of the molecule is CC(C)C(Br)C1CC(C)(C)CC1C. The Kier molecular flexibility index (Phi) is 3.49. The molecule has 0 saturated heterocycles. The van der Waals surface area contributed by atoms with Gasteiger partial charge in [0.2, 0.25) is 0 Å². The van der Waals surface area contributed by atoms with Gasteiger partial charge in [-0.2, -0.15) is 0 Å². The highest BCUT2D eigenvalue weighted by Crippen LogP contribution is 2.48. The monoisotopic (exact) mass is 246 g/mol. The standard InChI is InChI=1S/C12H23Br/c1-8(2)11(13)10-7-12(4,5)6-9(10)3/h8-11H,6-7H2,1-5H3. The fourth-order valence-electron chi connectivity index (χ4n) is 2.87. The van der Waals surface area contributed by atoms with Crippen LogP contribution in [0.2, 0.25) is 0 Å². The zero-order chi connectivity index (χ0) is 10.2. The van der Waals surface area contributed by atoms with Crippen LogP contribution in [0.1, 0.15) is 47.5 Å². The maximum Gasteiger partial charge on any atom is 0.0199 e. The van der Waals surface area contributed by atoms with E-state index in [2.05, 4.69) is 50.5 Å². The second kappa shape index (κ2) is 3.92. The minimum atomic E-state index is 0.574. The van der Waals surface area contributed by atoms with Crippen LogP contribution in [0.3, 0.4) is 0 Å². The highest BCUT2D eigenvalue weighted by molar-refractivity contribution is 9.09. The molecule has 1 aliphatic rings. The largest absolute Gasteiger partial charge is 0.0885 e. The number of hydrogen-bond acceptors (Lipinski definition) is 0. The Morgan fingerprint density at radius 1 is 1.23 bits per heavy atom. The van der Waals surface area contributed by atoms with Gasteiger partial charge in [-0.1, -0.05) is 50.5 Å². The summed E-state index contributed by atoms with van der Waals surface area (Å²) in [5, 5.41) is 0. The van der Waals surface area contributed by atoms with Crippen molar-refractivity contribution in [1.82, 2.24) is 0 Å². The van der Waals surface area contributed by atoms with Gasteiger partial charge in [0.1, 0.15) is 0 Å². The van der Waals surface area contributed by atoms with Crippen molar-refractivity contribution in [2.45, 2.75) is 52.3 Å². The lowest BCUT2D eigenvalue weighted by Crippen LogP contribution is -2.22. The summed E-state index contributed by atoms with van der Waals surface area (Å²) in [6, 6.07) is 0. The fourth-order valence-corrected chi connectivity index (χ4v) is 3.57. The molecule has 1 heteroatoms. The van der Waals surface area contributed by atoms with Crippen LogP contribution < -0.4 is 0 Å². The first-order valence-corrected chi connectivity index (χ1v) is 6.39. The lowest BCUT2D eigenvalue weighted by atomic mass is 9.87. The van der Waals surface area contributed by atoms with Crippen LogP contribution >= 0.6 is 15.9 Å². The van der Waals surface area contributed by atoms with Crippen molar-refractivity contribution in [2.24, 2.45) is 23.2 Å². The summed E-state index contributed by atoms with van der Waals surface area (Å²) in [6.07, 6.45) is 2.79. The number of rotatable bonds is 2. The summed E-state index contributed by atoms with van der Waals surface area (Å²) in [6.45, 7) is 11.9. The molecule has 0 spiro atoms. The summed E-state index contributed by atoms with van der Waals surface area (Å²) in [7, 11) is 0. The zero-order valence-electron chi connectivity index (χ0n) is 9.60. The molecule has 1 aliphatic carbocycles. The Bertz CT molecular complexity index is 172. The highest BCUT2D eigenvalue weighted by Gasteiger charge is 2.40. The molecule has 78 valence electrons. The van der Waals surface area contributed by atoms with Gasteiger partial charge in [0, 0.05) is 4.83 Å². The number of halogens is 1. The van der Waals surface area contributed by atoms with Gasteiger partial charge in [-0.25, -0.2) is 0 Å². The van der Waals surface area contributed by atoms with E-state index in [0.29, 0.717) is 10.2 Å². The molecule has 1 fully saturated rings. The van der Waals surface area contributed by atoms with E-state index in [0.717, 1.165) is 17.8 Å². The maximum atomic E-state index is 3.86. The smallest absolute Gasteiger partial charge is 0.0199 e. The zero-order valence-corrected chi connectivity index (χ0v) is 11.2. The summed E-state index contributed by atoms with van der Waals surface area (Å²) in [5.41, 5.74) is 0.574. The second-order valence-electron chi connectivity index (χ2n) is 5.90. The molecule has 1 saturated carbocycles. The summed E-state index contributed by atoms with van der Waals surface area (Å²) in [4.78, 5) is 0.712. The predicted molar refractivity (Wildman–Crippen MR) is 63.2 cm³/mol. The topological polar surface area (TPSA) is 0 Å². The van der Waals surface area contributed by atoms with E-state index in [1.165, 1.54) is 12.8 Å². The van der Waals surface area contributed by atoms with E-state index in [9.17, 15) is 0 Å². The van der Waals surface area contributed by atoms with Gasteiger partial charge in [-0.15, -0.1) is 0 Å².